The molecule has 0 saturated carbocycles. The third-order valence-corrected chi connectivity index (χ3v) is 3.67. The fourth-order valence-electron chi connectivity index (χ4n) is 2.23. The van der Waals surface area contributed by atoms with Crippen LogP contribution in [0.25, 0.3) is 11.0 Å². The van der Waals surface area contributed by atoms with Crippen LogP contribution in [-0.2, 0) is 17.5 Å². The van der Waals surface area contributed by atoms with E-state index in [1.807, 2.05) is 0 Å². The van der Waals surface area contributed by atoms with Gasteiger partial charge < -0.3 is 9.88 Å². The van der Waals surface area contributed by atoms with Crippen molar-refractivity contribution in [1.29, 1.82) is 0 Å². The minimum atomic E-state index is -4.66. The van der Waals surface area contributed by atoms with E-state index in [0.29, 0.717) is 0 Å². The molecule has 24 heavy (non-hydrogen) atoms. The van der Waals surface area contributed by atoms with E-state index in [1.54, 1.807) is 24.3 Å². The van der Waals surface area contributed by atoms with E-state index in [0.717, 1.165) is 9.04 Å². The number of pyridine rings is 1. The zero-order valence-electron chi connectivity index (χ0n) is 12.0. The molecule has 5 nitrogen and oxygen atoms in total. The molecule has 3 rings (SSSR count). The maximum Gasteiger partial charge on any atom is 0.449 e. The van der Waals surface area contributed by atoms with E-state index in [2.05, 4.69) is 31.2 Å². The van der Waals surface area contributed by atoms with Crippen molar-refractivity contribution in [2.45, 2.75) is 12.7 Å². The first-order valence-electron chi connectivity index (χ1n) is 6.78. The Morgan fingerprint density at radius 1 is 1.21 bits per heavy atom. The standard InChI is InChI=1S/C15H10BrF3N4O/c16-9-5-6-12(20-7-9)22-13(24)8-23-11-4-2-1-3-10(11)21-14(23)15(17,18)19/h1-7H,8H2,(H,20,22,24). The number of nitrogens with one attached hydrogen (secondary N) is 1. The van der Waals surface area contributed by atoms with Gasteiger partial charge in [0.25, 0.3) is 0 Å². The number of imidazole rings is 1. The second-order valence-corrected chi connectivity index (χ2v) is 5.83. The lowest BCUT2D eigenvalue weighted by Gasteiger charge is -2.11. The quantitative estimate of drug-likeness (QED) is 0.728. The van der Waals surface area contributed by atoms with Crippen molar-refractivity contribution in [2.75, 3.05) is 5.32 Å². The number of benzene rings is 1. The highest BCUT2D eigenvalue weighted by atomic mass is 79.9. The van der Waals surface area contributed by atoms with Crippen molar-refractivity contribution in [1.82, 2.24) is 14.5 Å². The van der Waals surface area contributed by atoms with Crippen LogP contribution in [0.3, 0.4) is 0 Å². The van der Waals surface area contributed by atoms with E-state index in [1.165, 1.54) is 18.3 Å². The van der Waals surface area contributed by atoms with Gasteiger partial charge in [-0.2, -0.15) is 13.2 Å². The average molecular weight is 399 g/mol. The second kappa shape index (κ2) is 6.23. The molecule has 124 valence electrons. The highest BCUT2D eigenvalue weighted by Crippen LogP contribution is 2.31. The van der Waals surface area contributed by atoms with Crippen LogP contribution >= 0.6 is 15.9 Å². The third-order valence-electron chi connectivity index (χ3n) is 3.20. The molecule has 2 aromatic heterocycles. The highest BCUT2D eigenvalue weighted by molar-refractivity contribution is 9.10. The molecule has 9 heteroatoms. The van der Waals surface area contributed by atoms with Gasteiger partial charge in [0.2, 0.25) is 11.7 Å². The number of hydrogen-bond acceptors (Lipinski definition) is 3. The van der Waals surface area contributed by atoms with Crippen molar-refractivity contribution in [3.8, 4) is 0 Å². The normalized spacial score (nSPS) is 11.7. The molecule has 1 N–H and O–H groups in total. The van der Waals surface area contributed by atoms with E-state index in [-0.39, 0.29) is 16.9 Å². The second-order valence-electron chi connectivity index (χ2n) is 4.92. The van der Waals surface area contributed by atoms with Crippen molar-refractivity contribution in [3.63, 3.8) is 0 Å². The summed E-state index contributed by atoms with van der Waals surface area (Å²) in [6.07, 6.45) is -3.18. The van der Waals surface area contributed by atoms with Gasteiger partial charge in [0.1, 0.15) is 12.4 Å². The van der Waals surface area contributed by atoms with Crippen molar-refractivity contribution in [2.24, 2.45) is 0 Å². The first kappa shape index (κ1) is 16.4. The summed E-state index contributed by atoms with van der Waals surface area (Å²) in [6, 6.07) is 9.34. The molecular weight excluding hydrogens is 389 g/mol. The summed E-state index contributed by atoms with van der Waals surface area (Å²) >= 11 is 3.21. The summed E-state index contributed by atoms with van der Waals surface area (Å²) in [5, 5.41) is 2.46. The summed E-state index contributed by atoms with van der Waals surface area (Å²) in [7, 11) is 0. The number of rotatable bonds is 3. The van der Waals surface area contributed by atoms with Gasteiger partial charge >= 0.3 is 6.18 Å². The summed E-state index contributed by atoms with van der Waals surface area (Å²) < 4.78 is 41.1. The zero-order valence-corrected chi connectivity index (χ0v) is 13.6. The Labute approximate surface area is 142 Å². The number of nitrogens with zero attached hydrogens (tertiary/aromatic N) is 3. The van der Waals surface area contributed by atoms with E-state index >= 15 is 0 Å². The number of aromatic nitrogens is 3. The molecule has 0 radical (unpaired) electrons. The lowest BCUT2D eigenvalue weighted by molar-refractivity contribution is -0.147. The summed E-state index contributed by atoms with van der Waals surface area (Å²) in [5.41, 5.74) is 0.420. The predicted molar refractivity (Wildman–Crippen MR) is 85.3 cm³/mol. The molecule has 1 amide bonds. The number of alkyl halides is 3. The topological polar surface area (TPSA) is 59.8 Å². The maximum atomic E-state index is 13.2. The lowest BCUT2D eigenvalue weighted by Crippen LogP contribution is -2.23. The number of amides is 1. The molecule has 0 fully saturated rings. The molecule has 2 heterocycles. The van der Waals surface area contributed by atoms with Crippen LogP contribution in [-0.4, -0.2) is 20.4 Å². The summed E-state index contributed by atoms with van der Waals surface area (Å²) in [4.78, 5) is 19.7. The fourth-order valence-corrected chi connectivity index (χ4v) is 2.46. The molecule has 0 spiro atoms. The minimum absolute atomic E-state index is 0.180. The first-order chi connectivity index (χ1) is 11.3. The molecule has 1 aromatic carbocycles. The average Bonchev–Trinajstić information content (AvgIpc) is 2.89. The Kier molecular flexibility index (Phi) is 4.27. The lowest BCUT2D eigenvalue weighted by atomic mass is 10.3. The summed E-state index contributed by atoms with van der Waals surface area (Å²) in [5.74, 6) is -1.48. The Hall–Kier alpha value is -2.42. The highest BCUT2D eigenvalue weighted by Gasteiger charge is 2.37. The van der Waals surface area contributed by atoms with Crippen LogP contribution in [0, 0.1) is 0 Å². The Morgan fingerprint density at radius 3 is 2.62 bits per heavy atom. The van der Waals surface area contributed by atoms with Gasteiger partial charge in [-0.05, 0) is 40.2 Å². The number of halogens is 4. The number of anilines is 1. The first-order valence-corrected chi connectivity index (χ1v) is 7.58. The van der Waals surface area contributed by atoms with Gasteiger partial charge in [-0.15, -0.1) is 0 Å². The largest absolute Gasteiger partial charge is 0.449 e. The smallest absolute Gasteiger partial charge is 0.311 e. The van der Waals surface area contributed by atoms with Gasteiger partial charge in [0.15, 0.2) is 0 Å². The number of para-hydroxylation sites is 2. The molecule has 0 atom stereocenters. The van der Waals surface area contributed by atoms with Crippen LogP contribution in [0.5, 0.6) is 0 Å². The molecule has 0 aliphatic carbocycles. The molecule has 3 aromatic rings. The van der Waals surface area contributed by atoms with Crippen molar-refractivity contribution >= 4 is 38.7 Å². The minimum Gasteiger partial charge on any atom is -0.311 e. The van der Waals surface area contributed by atoms with Crippen LogP contribution in [0.15, 0.2) is 47.1 Å². The van der Waals surface area contributed by atoms with Crippen LogP contribution in [0.2, 0.25) is 0 Å². The van der Waals surface area contributed by atoms with Gasteiger partial charge in [-0.1, -0.05) is 12.1 Å². The number of fused-ring (bicyclic) bond motifs is 1. The van der Waals surface area contributed by atoms with Crippen LogP contribution < -0.4 is 5.32 Å². The van der Waals surface area contributed by atoms with Crippen LogP contribution in [0.1, 0.15) is 5.82 Å². The number of carbonyl (C=O) groups is 1. The van der Waals surface area contributed by atoms with Gasteiger partial charge in [0.05, 0.1) is 11.0 Å². The van der Waals surface area contributed by atoms with E-state index in [4.69, 9.17) is 0 Å². The van der Waals surface area contributed by atoms with Gasteiger partial charge in [-0.25, -0.2) is 9.97 Å². The van der Waals surface area contributed by atoms with Gasteiger partial charge in [0, 0.05) is 10.7 Å². The van der Waals surface area contributed by atoms with Gasteiger partial charge in [-0.3, -0.25) is 4.79 Å². The maximum absolute atomic E-state index is 13.2. The number of carbonyl (C=O) groups excluding carboxylic acids is 1. The van der Waals surface area contributed by atoms with Crippen molar-refractivity contribution < 1.29 is 18.0 Å². The molecule has 0 saturated heterocycles. The predicted octanol–water partition coefficient (Wildman–Crippen LogP) is 3.85. The molecule has 0 unspecified atom stereocenters. The molecule has 0 aliphatic rings. The molecular formula is C15H10BrF3N4O. The Bertz CT molecular complexity index is 890. The van der Waals surface area contributed by atoms with E-state index in [9.17, 15) is 18.0 Å². The fraction of sp³-hybridized carbons (Fsp3) is 0.133. The third kappa shape index (κ3) is 3.40. The SMILES string of the molecule is O=C(Cn1c(C(F)(F)F)nc2ccccc21)Nc1ccc(Br)cn1. The zero-order chi connectivity index (χ0) is 17.3. The van der Waals surface area contributed by atoms with Crippen LogP contribution in [0.4, 0.5) is 19.0 Å². The molecule has 0 aliphatic heterocycles. The Morgan fingerprint density at radius 2 is 1.96 bits per heavy atom. The Balaban J connectivity index is 1.91. The summed E-state index contributed by atoms with van der Waals surface area (Å²) in [6.45, 7) is -0.521. The molecule has 0 bridgehead atoms. The number of hydrogen-bond donors (Lipinski definition) is 1. The van der Waals surface area contributed by atoms with E-state index < -0.39 is 24.5 Å². The monoisotopic (exact) mass is 398 g/mol. The van der Waals surface area contributed by atoms with Crippen molar-refractivity contribution in [3.05, 3.63) is 52.9 Å².